The number of likely N-dealkylation sites (tertiary alicyclic amines) is 1. The number of nitrogens with one attached hydrogen (secondary N) is 1. The number of nitrogens with zero attached hydrogens (tertiary/aromatic N) is 1. The maximum atomic E-state index is 9.47. The molecule has 1 heterocycles. The second-order valence-electron chi connectivity index (χ2n) is 4.73. The third-order valence-corrected chi connectivity index (χ3v) is 3.82. The maximum Gasteiger partial charge on any atom is 0.0679 e. The average molecular weight is 198 g/mol. The first kappa shape index (κ1) is 10.4. The second-order valence-corrected chi connectivity index (χ2v) is 4.73. The van der Waals surface area contributed by atoms with Crippen LogP contribution in [0.5, 0.6) is 0 Å². The summed E-state index contributed by atoms with van der Waals surface area (Å²) in [6.07, 6.45) is 6.13. The van der Waals surface area contributed by atoms with Gasteiger partial charge in [-0.15, -0.1) is 0 Å². The van der Waals surface area contributed by atoms with Gasteiger partial charge in [0, 0.05) is 25.2 Å². The summed E-state index contributed by atoms with van der Waals surface area (Å²) in [4.78, 5) is 2.48. The lowest BCUT2D eigenvalue weighted by Crippen LogP contribution is -2.40. The third-order valence-electron chi connectivity index (χ3n) is 3.82. The van der Waals surface area contributed by atoms with Gasteiger partial charge in [-0.05, 0) is 39.2 Å². The van der Waals surface area contributed by atoms with Gasteiger partial charge in [-0.1, -0.05) is 0 Å². The summed E-state index contributed by atoms with van der Waals surface area (Å²) < 4.78 is 0. The summed E-state index contributed by atoms with van der Waals surface area (Å²) >= 11 is 0. The van der Waals surface area contributed by atoms with Crippen molar-refractivity contribution in [1.82, 2.24) is 10.2 Å². The highest BCUT2D eigenvalue weighted by atomic mass is 16.3. The Labute approximate surface area is 86.5 Å². The van der Waals surface area contributed by atoms with E-state index in [1.165, 1.54) is 25.7 Å². The van der Waals surface area contributed by atoms with Crippen molar-refractivity contribution >= 4 is 0 Å². The Morgan fingerprint density at radius 1 is 1.14 bits per heavy atom. The van der Waals surface area contributed by atoms with Crippen molar-refractivity contribution in [2.75, 3.05) is 20.1 Å². The van der Waals surface area contributed by atoms with E-state index in [4.69, 9.17) is 0 Å². The summed E-state index contributed by atoms with van der Waals surface area (Å²) in [5, 5.41) is 12.8. The van der Waals surface area contributed by atoms with Crippen molar-refractivity contribution in [1.29, 1.82) is 0 Å². The van der Waals surface area contributed by atoms with Gasteiger partial charge in [-0.25, -0.2) is 0 Å². The molecule has 3 nitrogen and oxygen atoms in total. The van der Waals surface area contributed by atoms with Crippen LogP contribution in [0.25, 0.3) is 0 Å². The summed E-state index contributed by atoms with van der Waals surface area (Å²) in [7, 11) is 2.06. The van der Waals surface area contributed by atoms with Gasteiger partial charge >= 0.3 is 0 Å². The van der Waals surface area contributed by atoms with Crippen LogP contribution >= 0.6 is 0 Å². The molecule has 1 aliphatic carbocycles. The van der Waals surface area contributed by atoms with Crippen molar-refractivity contribution in [3.05, 3.63) is 0 Å². The highest BCUT2D eigenvalue weighted by Crippen LogP contribution is 2.25. The molecule has 0 aromatic heterocycles. The molecule has 14 heavy (non-hydrogen) atoms. The minimum Gasteiger partial charge on any atom is -0.392 e. The molecule has 1 atom stereocenters. The number of hydrogen-bond donors (Lipinski definition) is 2. The van der Waals surface area contributed by atoms with Crippen molar-refractivity contribution in [3.63, 3.8) is 0 Å². The quantitative estimate of drug-likeness (QED) is 0.681. The van der Waals surface area contributed by atoms with E-state index in [0.29, 0.717) is 0 Å². The highest BCUT2D eigenvalue weighted by Gasteiger charge is 2.29. The molecular weight excluding hydrogens is 176 g/mol. The Morgan fingerprint density at radius 3 is 2.36 bits per heavy atom. The van der Waals surface area contributed by atoms with Gasteiger partial charge in [0.05, 0.1) is 6.10 Å². The van der Waals surface area contributed by atoms with E-state index >= 15 is 0 Å². The molecule has 1 unspecified atom stereocenters. The van der Waals surface area contributed by atoms with Crippen LogP contribution in [0.15, 0.2) is 0 Å². The smallest absolute Gasteiger partial charge is 0.0679 e. The van der Waals surface area contributed by atoms with Crippen LogP contribution in [0.2, 0.25) is 0 Å². The number of β-amino-alcohol motifs (C(OH)–C–C–N with tert-alkyl or cyclic N) is 1. The number of aliphatic hydroxyl groups excluding tert-OH is 1. The van der Waals surface area contributed by atoms with E-state index in [0.717, 1.165) is 31.6 Å². The van der Waals surface area contributed by atoms with Crippen molar-refractivity contribution in [2.24, 2.45) is 0 Å². The van der Waals surface area contributed by atoms with Gasteiger partial charge in [0.25, 0.3) is 0 Å². The molecule has 2 rings (SSSR count). The van der Waals surface area contributed by atoms with E-state index in [1.54, 1.807) is 0 Å². The highest BCUT2D eigenvalue weighted by molar-refractivity contribution is 4.86. The summed E-state index contributed by atoms with van der Waals surface area (Å²) in [5.41, 5.74) is 0. The second kappa shape index (κ2) is 4.60. The van der Waals surface area contributed by atoms with Crippen LogP contribution in [0.3, 0.4) is 0 Å². The van der Waals surface area contributed by atoms with E-state index in [9.17, 15) is 5.11 Å². The molecule has 82 valence electrons. The molecule has 3 heteroatoms. The SMILES string of the molecule is CNC1CCC(N2CCC(O)C2)CC1. The molecule has 0 bridgehead atoms. The van der Waals surface area contributed by atoms with Crippen molar-refractivity contribution in [2.45, 2.75) is 50.3 Å². The first-order valence-electron chi connectivity index (χ1n) is 5.89. The Kier molecular flexibility index (Phi) is 3.42. The largest absolute Gasteiger partial charge is 0.392 e. The minimum atomic E-state index is -0.0583. The zero-order valence-corrected chi connectivity index (χ0v) is 9.08. The Hall–Kier alpha value is -0.120. The molecular formula is C11H22N2O. The lowest BCUT2D eigenvalue weighted by Gasteiger charge is -2.34. The molecule has 1 saturated heterocycles. The lowest BCUT2D eigenvalue weighted by atomic mass is 9.90. The normalized spacial score (nSPS) is 40.3. The topological polar surface area (TPSA) is 35.5 Å². The Bertz CT molecular complexity index is 178. The first-order valence-corrected chi connectivity index (χ1v) is 5.89. The van der Waals surface area contributed by atoms with Gasteiger partial charge in [-0.2, -0.15) is 0 Å². The fourth-order valence-electron chi connectivity index (χ4n) is 2.83. The third kappa shape index (κ3) is 2.27. The summed E-state index contributed by atoms with van der Waals surface area (Å²) in [5.74, 6) is 0. The molecule has 1 saturated carbocycles. The number of hydrogen-bond acceptors (Lipinski definition) is 3. The van der Waals surface area contributed by atoms with Gasteiger partial charge in [-0.3, -0.25) is 4.90 Å². The maximum absolute atomic E-state index is 9.47. The van der Waals surface area contributed by atoms with E-state index in [-0.39, 0.29) is 6.10 Å². The van der Waals surface area contributed by atoms with Crippen LogP contribution in [0, 0.1) is 0 Å². The van der Waals surface area contributed by atoms with Crippen molar-refractivity contribution in [3.8, 4) is 0 Å². The fraction of sp³-hybridized carbons (Fsp3) is 1.00. The van der Waals surface area contributed by atoms with Gasteiger partial charge < -0.3 is 10.4 Å². The number of rotatable bonds is 2. The zero-order valence-electron chi connectivity index (χ0n) is 9.08. The van der Waals surface area contributed by atoms with Crippen molar-refractivity contribution < 1.29 is 5.11 Å². The van der Waals surface area contributed by atoms with E-state index in [2.05, 4.69) is 17.3 Å². The predicted octanol–water partition coefficient (Wildman–Crippen LogP) is 0.584. The van der Waals surface area contributed by atoms with Crippen LogP contribution in [0.4, 0.5) is 0 Å². The molecule has 2 fully saturated rings. The predicted molar refractivity (Wildman–Crippen MR) is 57.3 cm³/mol. The Morgan fingerprint density at radius 2 is 1.86 bits per heavy atom. The molecule has 0 aromatic rings. The van der Waals surface area contributed by atoms with Crippen LogP contribution in [-0.4, -0.2) is 48.3 Å². The lowest BCUT2D eigenvalue weighted by molar-refractivity contribution is 0.136. The van der Waals surface area contributed by atoms with Gasteiger partial charge in [0.15, 0.2) is 0 Å². The molecule has 2 N–H and O–H groups in total. The molecule has 0 aromatic carbocycles. The molecule has 0 radical (unpaired) electrons. The summed E-state index contributed by atoms with van der Waals surface area (Å²) in [6.45, 7) is 2.02. The monoisotopic (exact) mass is 198 g/mol. The first-order chi connectivity index (χ1) is 6.79. The van der Waals surface area contributed by atoms with E-state index in [1.807, 2.05) is 0 Å². The average Bonchev–Trinajstić information content (AvgIpc) is 2.65. The molecule has 0 amide bonds. The van der Waals surface area contributed by atoms with Crippen LogP contribution in [-0.2, 0) is 0 Å². The van der Waals surface area contributed by atoms with Gasteiger partial charge in [0.2, 0.25) is 0 Å². The van der Waals surface area contributed by atoms with E-state index < -0.39 is 0 Å². The summed E-state index contributed by atoms with van der Waals surface area (Å²) in [6, 6.07) is 1.48. The van der Waals surface area contributed by atoms with Crippen LogP contribution < -0.4 is 5.32 Å². The molecule has 1 aliphatic heterocycles. The Balaban J connectivity index is 1.78. The van der Waals surface area contributed by atoms with Gasteiger partial charge in [0.1, 0.15) is 0 Å². The molecule has 0 spiro atoms. The van der Waals surface area contributed by atoms with Crippen LogP contribution in [0.1, 0.15) is 32.1 Å². The standard InChI is InChI=1S/C11H22N2O/c1-12-9-2-4-10(5-3-9)13-7-6-11(14)8-13/h9-12,14H,2-8H2,1H3. The number of aliphatic hydroxyl groups is 1. The minimum absolute atomic E-state index is 0.0583. The molecule has 2 aliphatic rings. The zero-order chi connectivity index (χ0) is 9.97. The fourth-order valence-corrected chi connectivity index (χ4v) is 2.83.